The maximum atomic E-state index is 5.81. The molecule has 0 radical (unpaired) electrons. The van der Waals surface area contributed by atoms with Crippen LogP contribution in [0.25, 0.3) is 22.7 Å². The molecule has 0 amide bonds. The van der Waals surface area contributed by atoms with Gasteiger partial charge in [0, 0.05) is 37.6 Å². The van der Waals surface area contributed by atoms with Crippen molar-refractivity contribution in [2.45, 2.75) is 12.6 Å². The number of aromatic nitrogens is 3. The van der Waals surface area contributed by atoms with E-state index in [1.54, 1.807) is 6.26 Å². The molecule has 4 heterocycles. The van der Waals surface area contributed by atoms with Gasteiger partial charge in [0.15, 0.2) is 5.76 Å². The lowest BCUT2D eigenvalue weighted by Gasteiger charge is -2.35. The molecule has 1 atom stereocenters. The predicted octanol–water partition coefficient (Wildman–Crippen LogP) is 4.28. The lowest BCUT2D eigenvalue weighted by molar-refractivity contribution is 0.0124. The highest BCUT2D eigenvalue weighted by Gasteiger charge is 2.26. The van der Waals surface area contributed by atoms with Gasteiger partial charge in [-0.3, -0.25) is 9.88 Å². The number of hydrogen-bond donors (Lipinski definition) is 0. The number of imidazole rings is 1. The smallest absolute Gasteiger partial charge is 0.152 e. The van der Waals surface area contributed by atoms with Gasteiger partial charge in [-0.05, 0) is 29.8 Å². The standard InChI is InChI=1S/C24H24N4O2/c1-2-5-20(6-3-1)23-24(22-7-4-14-30-22)28(18-26-23)17-21(19-8-10-25-11-9-19)27-12-15-29-16-13-27/h1-11,14,18,21H,12-13,15-17H2/t21-/m1/s1. The Balaban J connectivity index is 1.56. The van der Waals surface area contributed by atoms with Crippen molar-refractivity contribution < 1.29 is 9.15 Å². The Hall–Kier alpha value is -3.22. The summed E-state index contributed by atoms with van der Waals surface area (Å²) >= 11 is 0. The van der Waals surface area contributed by atoms with Crippen molar-refractivity contribution in [3.05, 3.63) is 85.1 Å². The third-order valence-electron chi connectivity index (χ3n) is 5.59. The molecule has 0 spiro atoms. The minimum absolute atomic E-state index is 0.198. The zero-order valence-electron chi connectivity index (χ0n) is 16.7. The molecule has 6 heteroatoms. The van der Waals surface area contributed by atoms with Gasteiger partial charge in [0.1, 0.15) is 5.69 Å². The fraction of sp³-hybridized carbons (Fsp3) is 0.250. The molecule has 3 aromatic heterocycles. The van der Waals surface area contributed by atoms with Gasteiger partial charge in [0.05, 0.1) is 37.5 Å². The largest absolute Gasteiger partial charge is 0.463 e. The molecule has 1 aromatic carbocycles. The summed E-state index contributed by atoms with van der Waals surface area (Å²) in [5.41, 5.74) is 4.25. The minimum atomic E-state index is 0.198. The van der Waals surface area contributed by atoms with Crippen LogP contribution in [0, 0.1) is 0 Å². The fourth-order valence-corrected chi connectivity index (χ4v) is 4.09. The van der Waals surface area contributed by atoms with Gasteiger partial charge >= 0.3 is 0 Å². The first-order valence-electron chi connectivity index (χ1n) is 10.3. The van der Waals surface area contributed by atoms with E-state index in [-0.39, 0.29) is 6.04 Å². The molecule has 152 valence electrons. The summed E-state index contributed by atoms with van der Waals surface area (Å²) < 4.78 is 13.6. The maximum Gasteiger partial charge on any atom is 0.152 e. The quantitative estimate of drug-likeness (QED) is 0.484. The monoisotopic (exact) mass is 400 g/mol. The molecule has 0 aliphatic carbocycles. The van der Waals surface area contributed by atoms with E-state index >= 15 is 0 Å². The van der Waals surface area contributed by atoms with E-state index in [0.717, 1.165) is 55.6 Å². The van der Waals surface area contributed by atoms with E-state index in [9.17, 15) is 0 Å². The SMILES string of the molecule is c1ccc(-c2ncn(C[C@H](c3ccncc3)N3CCOCC3)c2-c2ccco2)cc1. The normalized spacial score (nSPS) is 15.9. The fourth-order valence-electron chi connectivity index (χ4n) is 4.09. The van der Waals surface area contributed by atoms with Crippen molar-refractivity contribution in [1.82, 2.24) is 19.4 Å². The third kappa shape index (κ3) is 3.79. The number of hydrogen-bond acceptors (Lipinski definition) is 5. The zero-order chi connectivity index (χ0) is 20.2. The number of nitrogens with zero attached hydrogens (tertiary/aromatic N) is 4. The molecule has 1 saturated heterocycles. The van der Waals surface area contributed by atoms with Gasteiger partial charge in [-0.25, -0.2) is 4.98 Å². The zero-order valence-corrected chi connectivity index (χ0v) is 16.7. The van der Waals surface area contributed by atoms with Crippen molar-refractivity contribution in [1.29, 1.82) is 0 Å². The maximum absolute atomic E-state index is 5.81. The molecule has 0 saturated carbocycles. The van der Waals surface area contributed by atoms with Gasteiger partial charge in [-0.1, -0.05) is 30.3 Å². The average Bonchev–Trinajstić information content (AvgIpc) is 3.49. The Morgan fingerprint density at radius 2 is 1.73 bits per heavy atom. The van der Waals surface area contributed by atoms with Crippen molar-refractivity contribution in [2.24, 2.45) is 0 Å². The summed E-state index contributed by atoms with van der Waals surface area (Å²) in [7, 11) is 0. The first-order chi connectivity index (χ1) is 14.9. The highest BCUT2D eigenvalue weighted by Crippen LogP contribution is 2.34. The molecular formula is C24H24N4O2. The molecule has 1 aliphatic rings. The number of rotatable bonds is 6. The van der Waals surface area contributed by atoms with E-state index in [4.69, 9.17) is 14.1 Å². The number of ether oxygens (including phenoxy) is 1. The van der Waals surface area contributed by atoms with E-state index in [1.807, 2.05) is 49.1 Å². The number of morpholine rings is 1. The topological polar surface area (TPSA) is 56.3 Å². The predicted molar refractivity (Wildman–Crippen MR) is 115 cm³/mol. The Morgan fingerprint density at radius 1 is 0.933 bits per heavy atom. The molecule has 30 heavy (non-hydrogen) atoms. The summed E-state index contributed by atoms with van der Waals surface area (Å²) in [4.78, 5) is 11.5. The van der Waals surface area contributed by atoms with E-state index in [2.05, 4.69) is 38.7 Å². The van der Waals surface area contributed by atoms with E-state index < -0.39 is 0 Å². The van der Waals surface area contributed by atoms with Crippen LogP contribution in [-0.2, 0) is 11.3 Å². The van der Waals surface area contributed by atoms with Crippen molar-refractivity contribution >= 4 is 0 Å². The summed E-state index contributed by atoms with van der Waals surface area (Å²) in [5.74, 6) is 0.821. The average molecular weight is 400 g/mol. The van der Waals surface area contributed by atoms with Crippen LogP contribution in [-0.4, -0.2) is 45.7 Å². The van der Waals surface area contributed by atoms with Crippen LogP contribution in [0.3, 0.4) is 0 Å². The molecule has 1 fully saturated rings. The second-order valence-corrected chi connectivity index (χ2v) is 7.38. The van der Waals surface area contributed by atoms with Crippen molar-refractivity contribution in [2.75, 3.05) is 26.3 Å². The summed E-state index contributed by atoms with van der Waals surface area (Å²) in [5, 5.41) is 0. The first kappa shape index (κ1) is 18.8. The van der Waals surface area contributed by atoms with Crippen LogP contribution in [0.2, 0.25) is 0 Å². The second-order valence-electron chi connectivity index (χ2n) is 7.38. The lowest BCUT2D eigenvalue weighted by atomic mass is 10.1. The number of pyridine rings is 1. The Bertz CT molecular complexity index is 1060. The molecule has 1 aliphatic heterocycles. The summed E-state index contributed by atoms with van der Waals surface area (Å²) in [6.45, 7) is 4.09. The Labute approximate surface area is 175 Å². The first-order valence-corrected chi connectivity index (χ1v) is 10.3. The van der Waals surface area contributed by atoms with Crippen LogP contribution in [0.4, 0.5) is 0 Å². The van der Waals surface area contributed by atoms with Crippen LogP contribution >= 0.6 is 0 Å². The Morgan fingerprint density at radius 3 is 2.47 bits per heavy atom. The number of benzene rings is 1. The molecule has 6 nitrogen and oxygen atoms in total. The molecule has 0 bridgehead atoms. The third-order valence-corrected chi connectivity index (χ3v) is 5.59. The lowest BCUT2D eigenvalue weighted by Crippen LogP contribution is -2.40. The second kappa shape index (κ2) is 8.65. The number of furan rings is 1. The minimum Gasteiger partial charge on any atom is -0.463 e. The van der Waals surface area contributed by atoms with Crippen LogP contribution in [0.5, 0.6) is 0 Å². The summed E-state index contributed by atoms with van der Waals surface area (Å²) in [6.07, 6.45) is 7.36. The van der Waals surface area contributed by atoms with Gasteiger partial charge in [0.25, 0.3) is 0 Å². The van der Waals surface area contributed by atoms with E-state index in [0.29, 0.717) is 0 Å². The van der Waals surface area contributed by atoms with Crippen LogP contribution in [0.1, 0.15) is 11.6 Å². The highest BCUT2D eigenvalue weighted by atomic mass is 16.5. The van der Waals surface area contributed by atoms with Crippen molar-refractivity contribution in [3.8, 4) is 22.7 Å². The molecular weight excluding hydrogens is 376 g/mol. The Kier molecular flexibility index (Phi) is 5.42. The van der Waals surface area contributed by atoms with E-state index in [1.165, 1.54) is 5.56 Å². The molecule has 5 rings (SSSR count). The van der Waals surface area contributed by atoms with Crippen LogP contribution in [0.15, 0.2) is 84.0 Å². The van der Waals surface area contributed by atoms with Gasteiger partial charge in [-0.15, -0.1) is 0 Å². The van der Waals surface area contributed by atoms with Crippen molar-refractivity contribution in [3.63, 3.8) is 0 Å². The molecule has 0 N–H and O–H groups in total. The summed E-state index contributed by atoms with van der Waals surface area (Å²) in [6, 6.07) is 18.6. The van der Waals surface area contributed by atoms with Gasteiger partial charge < -0.3 is 13.7 Å². The van der Waals surface area contributed by atoms with Gasteiger partial charge in [-0.2, -0.15) is 0 Å². The van der Waals surface area contributed by atoms with Gasteiger partial charge in [0.2, 0.25) is 0 Å². The molecule has 4 aromatic rings. The van der Waals surface area contributed by atoms with Crippen LogP contribution < -0.4 is 0 Å². The highest BCUT2D eigenvalue weighted by molar-refractivity contribution is 5.76. The molecule has 0 unspecified atom stereocenters.